The Morgan fingerprint density at radius 1 is 0.964 bits per heavy atom. The quantitative estimate of drug-likeness (QED) is 0.825. The van der Waals surface area contributed by atoms with Gasteiger partial charge in [0.2, 0.25) is 0 Å². The van der Waals surface area contributed by atoms with E-state index in [4.69, 9.17) is 14.2 Å². The molecule has 0 spiro atoms. The molecule has 1 N–H and O–H groups in total. The predicted molar refractivity (Wildman–Crippen MR) is 103 cm³/mol. The van der Waals surface area contributed by atoms with Crippen molar-refractivity contribution in [2.45, 2.75) is 13.0 Å². The molecule has 28 heavy (non-hydrogen) atoms. The summed E-state index contributed by atoms with van der Waals surface area (Å²) in [6, 6.07) is 11.1. The zero-order chi connectivity index (χ0) is 20.4. The molecule has 0 bridgehead atoms. The van der Waals surface area contributed by atoms with Gasteiger partial charge in [-0.1, -0.05) is 6.07 Å². The molecule has 2 aromatic carbocycles. The summed E-state index contributed by atoms with van der Waals surface area (Å²) < 4.78 is 15.8. The van der Waals surface area contributed by atoms with Gasteiger partial charge < -0.3 is 19.3 Å². The molecule has 1 aliphatic rings. The van der Waals surface area contributed by atoms with Gasteiger partial charge >= 0.3 is 0 Å². The fraction of sp³-hybridized carbons (Fsp3) is 0.238. The molecule has 1 heterocycles. The number of carbonyl (C=O) groups is 2. The minimum Gasteiger partial charge on any atom is -0.503 e. The van der Waals surface area contributed by atoms with Gasteiger partial charge in [0.05, 0.1) is 32.9 Å². The second kappa shape index (κ2) is 7.64. The van der Waals surface area contributed by atoms with E-state index in [1.165, 1.54) is 26.0 Å². The Bertz CT molecular complexity index is 948. The van der Waals surface area contributed by atoms with Crippen LogP contribution in [-0.4, -0.2) is 38.1 Å². The number of hydrogen-bond acceptors (Lipinski definition) is 6. The number of carbonyl (C=O) groups excluding carboxylic acids is 2. The Balaban J connectivity index is 2.16. The average Bonchev–Trinajstić information content (AvgIpc) is 2.98. The van der Waals surface area contributed by atoms with Crippen LogP contribution < -0.4 is 19.1 Å². The number of aliphatic hydroxyl groups is 1. The minimum atomic E-state index is -0.793. The van der Waals surface area contributed by atoms with E-state index in [0.717, 1.165) is 0 Å². The molecule has 3 rings (SSSR count). The molecule has 0 saturated heterocycles. The van der Waals surface area contributed by atoms with Gasteiger partial charge in [-0.3, -0.25) is 14.5 Å². The fourth-order valence-corrected chi connectivity index (χ4v) is 3.31. The molecule has 1 amide bonds. The van der Waals surface area contributed by atoms with Gasteiger partial charge in [-0.25, -0.2) is 0 Å². The van der Waals surface area contributed by atoms with Crippen LogP contribution in [0.3, 0.4) is 0 Å². The van der Waals surface area contributed by atoms with E-state index in [9.17, 15) is 14.7 Å². The molecule has 1 atom stereocenters. The maximum absolute atomic E-state index is 12.8. The van der Waals surface area contributed by atoms with E-state index in [1.807, 2.05) is 0 Å². The summed E-state index contributed by atoms with van der Waals surface area (Å²) in [6.07, 6.45) is 0. The maximum Gasteiger partial charge on any atom is 0.294 e. The topological polar surface area (TPSA) is 85.3 Å². The molecule has 0 saturated carbocycles. The lowest BCUT2D eigenvalue weighted by atomic mass is 9.96. The average molecular weight is 383 g/mol. The van der Waals surface area contributed by atoms with Crippen LogP contribution in [0.2, 0.25) is 0 Å². The number of benzene rings is 2. The molecule has 7 nitrogen and oxygen atoms in total. The van der Waals surface area contributed by atoms with Crippen LogP contribution in [0.1, 0.15) is 18.5 Å². The highest BCUT2D eigenvalue weighted by Crippen LogP contribution is 2.43. The molecule has 0 fully saturated rings. The monoisotopic (exact) mass is 383 g/mol. The molecule has 0 aromatic heterocycles. The first-order valence-electron chi connectivity index (χ1n) is 8.56. The van der Waals surface area contributed by atoms with Crippen LogP contribution in [0.15, 0.2) is 53.8 Å². The Labute approximate surface area is 162 Å². The van der Waals surface area contributed by atoms with Gasteiger partial charge in [-0.15, -0.1) is 0 Å². The molecular formula is C21H21NO6. The molecule has 0 unspecified atom stereocenters. The standard InChI is InChI=1S/C21H21NO6/c1-12(23)18-19(13-5-10-16(27-3)17(11-13)28-4)22(21(25)20(18)24)14-6-8-15(26-2)9-7-14/h5-11,19,24H,1-4H3/t19-/m0/s1. The van der Waals surface area contributed by atoms with E-state index in [0.29, 0.717) is 28.5 Å². The number of ketones is 1. The molecule has 0 radical (unpaired) electrons. The third-order valence-electron chi connectivity index (χ3n) is 4.66. The number of nitrogens with zero attached hydrogens (tertiary/aromatic N) is 1. The van der Waals surface area contributed by atoms with Gasteiger partial charge in [0.15, 0.2) is 23.0 Å². The molecular weight excluding hydrogens is 362 g/mol. The van der Waals surface area contributed by atoms with Gasteiger partial charge in [-0.05, 0) is 48.9 Å². The normalized spacial score (nSPS) is 16.4. The van der Waals surface area contributed by atoms with Crippen LogP contribution in [0, 0.1) is 0 Å². The van der Waals surface area contributed by atoms with Gasteiger partial charge in [-0.2, -0.15) is 0 Å². The van der Waals surface area contributed by atoms with E-state index < -0.39 is 17.7 Å². The Kier molecular flexibility index (Phi) is 5.26. The molecule has 1 aliphatic heterocycles. The molecule has 2 aromatic rings. The summed E-state index contributed by atoms with van der Waals surface area (Å²) in [5, 5.41) is 10.4. The fourth-order valence-electron chi connectivity index (χ4n) is 3.31. The van der Waals surface area contributed by atoms with E-state index >= 15 is 0 Å². The van der Waals surface area contributed by atoms with Crippen LogP contribution in [-0.2, 0) is 9.59 Å². The summed E-state index contributed by atoms with van der Waals surface area (Å²) in [7, 11) is 4.57. The number of amides is 1. The summed E-state index contributed by atoms with van der Waals surface area (Å²) >= 11 is 0. The van der Waals surface area contributed by atoms with Crippen molar-refractivity contribution in [1.29, 1.82) is 0 Å². The van der Waals surface area contributed by atoms with Crippen LogP contribution in [0.4, 0.5) is 5.69 Å². The van der Waals surface area contributed by atoms with Crippen molar-refractivity contribution in [2.75, 3.05) is 26.2 Å². The van der Waals surface area contributed by atoms with Crippen molar-refractivity contribution in [1.82, 2.24) is 0 Å². The van der Waals surface area contributed by atoms with E-state index in [1.54, 1.807) is 49.6 Å². The molecule has 0 aliphatic carbocycles. The number of methoxy groups -OCH3 is 3. The first-order chi connectivity index (χ1) is 13.4. The highest BCUT2D eigenvalue weighted by molar-refractivity contribution is 6.16. The largest absolute Gasteiger partial charge is 0.503 e. The number of ether oxygens (including phenoxy) is 3. The predicted octanol–water partition coefficient (Wildman–Crippen LogP) is 3.20. The lowest BCUT2D eigenvalue weighted by Crippen LogP contribution is -2.30. The molecule has 7 heteroatoms. The summed E-state index contributed by atoms with van der Waals surface area (Å²) in [5.41, 5.74) is 1.16. The zero-order valence-corrected chi connectivity index (χ0v) is 16.1. The Morgan fingerprint density at radius 3 is 2.14 bits per heavy atom. The SMILES string of the molecule is COc1ccc(N2C(=O)C(O)=C(C(C)=O)[C@@H]2c2ccc(OC)c(OC)c2)cc1. The summed E-state index contributed by atoms with van der Waals surface area (Å²) in [5.74, 6) is 0.0162. The third kappa shape index (κ3) is 3.15. The maximum atomic E-state index is 12.8. The van der Waals surface area contributed by atoms with Crippen molar-refractivity contribution in [3.63, 3.8) is 0 Å². The van der Waals surface area contributed by atoms with Crippen molar-refractivity contribution in [2.24, 2.45) is 0 Å². The second-order valence-corrected chi connectivity index (χ2v) is 6.21. The van der Waals surface area contributed by atoms with Gasteiger partial charge in [0, 0.05) is 5.69 Å². The number of aliphatic hydroxyl groups excluding tert-OH is 1. The van der Waals surface area contributed by atoms with Crippen molar-refractivity contribution >= 4 is 17.4 Å². The van der Waals surface area contributed by atoms with Crippen LogP contribution >= 0.6 is 0 Å². The minimum absolute atomic E-state index is 0.0352. The van der Waals surface area contributed by atoms with Crippen LogP contribution in [0.5, 0.6) is 17.2 Å². The second-order valence-electron chi connectivity index (χ2n) is 6.21. The molecule has 146 valence electrons. The van der Waals surface area contributed by atoms with Gasteiger partial charge in [0.25, 0.3) is 5.91 Å². The summed E-state index contributed by atoms with van der Waals surface area (Å²) in [6.45, 7) is 1.32. The highest BCUT2D eigenvalue weighted by Gasteiger charge is 2.43. The van der Waals surface area contributed by atoms with Crippen molar-refractivity contribution in [3.05, 3.63) is 59.4 Å². The van der Waals surface area contributed by atoms with Crippen LogP contribution in [0.25, 0.3) is 0 Å². The first-order valence-corrected chi connectivity index (χ1v) is 8.56. The Hall–Kier alpha value is -3.48. The van der Waals surface area contributed by atoms with Gasteiger partial charge in [0.1, 0.15) is 5.75 Å². The summed E-state index contributed by atoms with van der Waals surface area (Å²) in [4.78, 5) is 26.5. The lowest BCUT2D eigenvalue weighted by molar-refractivity contribution is -0.117. The Morgan fingerprint density at radius 2 is 1.61 bits per heavy atom. The number of rotatable bonds is 6. The van der Waals surface area contributed by atoms with E-state index in [-0.39, 0.29) is 11.4 Å². The number of Topliss-reactive ketones (excluding diaryl/α,β-unsaturated/α-hetero) is 1. The lowest BCUT2D eigenvalue weighted by Gasteiger charge is -2.27. The van der Waals surface area contributed by atoms with Crippen molar-refractivity contribution < 1.29 is 28.9 Å². The smallest absolute Gasteiger partial charge is 0.294 e. The van der Waals surface area contributed by atoms with Crippen molar-refractivity contribution in [3.8, 4) is 17.2 Å². The van der Waals surface area contributed by atoms with E-state index in [2.05, 4.69) is 0 Å². The number of anilines is 1. The third-order valence-corrected chi connectivity index (χ3v) is 4.66. The highest BCUT2D eigenvalue weighted by atomic mass is 16.5. The number of hydrogen-bond donors (Lipinski definition) is 1. The first kappa shape index (κ1) is 19.3. The zero-order valence-electron chi connectivity index (χ0n) is 16.1.